The Hall–Kier alpha value is -2.47. The van der Waals surface area contributed by atoms with Crippen molar-refractivity contribution in [3.8, 4) is 0 Å². The summed E-state index contributed by atoms with van der Waals surface area (Å²) in [7, 11) is 0.281. The van der Waals surface area contributed by atoms with E-state index in [4.69, 9.17) is 18.9 Å². The van der Waals surface area contributed by atoms with E-state index < -0.39 is 36.9 Å². The fourth-order valence-electron chi connectivity index (χ4n) is 5.56. The quantitative estimate of drug-likeness (QED) is 0.260. The van der Waals surface area contributed by atoms with Gasteiger partial charge in [-0.2, -0.15) is 0 Å². The molecule has 0 unspecified atom stereocenters. The van der Waals surface area contributed by atoms with Crippen LogP contribution in [0.25, 0.3) is 0 Å². The van der Waals surface area contributed by atoms with Crippen molar-refractivity contribution in [2.24, 2.45) is 17.8 Å². The molecule has 1 aromatic rings. The molecule has 0 radical (unpaired) electrons. The fraction of sp³-hybridized carbons (Fsp3) is 0.609. The van der Waals surface area contributed by atoms with Crippen LogP contribution in [0.5, 0.6) is 0 Å². The Morgan fingerprint density at radius 3 is 2.68 bits per heavy atom. The molecule has 3 N–H and O–H groups in total. The van der Waals surface area contributed by atoms with Crippen molar-refractivity contribution >= 4 is 24.9 Å². The second-order valence-electron chi connectivity index (χ2n) is 9.14. The Morgan fingerprint density at radius 2 is 2.00 bits per heavy atom. The molecule has 11 heteroatoms. The SMILES string of the molecule is COCC1=C2B(O)O[C@H](c3ccc(CO)o3)C[C@H]2[C@H]2C(=O)N(CCCCCC(=O)O)C(=O)[C@H]2C1. The zero-order chi connectivity index (χ0) is 24.4. The Labute approximate surface area is 197 Å². The Kier molecular flexibility index (Phi) is 7.56. The van der Waals surface area contributed by atoms with E-state index >= 15 is 0 Å². The predicted molar refractivity (Wildman–Crippen MR) is 118 cm³/mol. The molecule has 0 spiro atoms. The molecule has 4 atom stereocenters. The second kappa shape index (κ2) is 10.4. The number of nitrogens with zero attached hydrogens (tertiary/aromatic N) is 1. The van der Waals surface area contributed by atoms with E-state index in [2.05, 4.69) is 0 Å². The van der Waals surface area contributed by atoms with Crippen LogP contribution in [0.2, 0.25) is 0 Å². The number of aliphatic hydroxyl groups is 1. The number of likely N-dealkylation sites (tertiary alicyclic amines) is 1. The summed E-state index contributed by atoms with van der Waals surface area (Å²) < 4.78 is 16.8. The molecule has 0 bridgehead atoms. The van der Waals surface area contributed by atoms with Gasteiger partial charge in [-0.25, -0.2) is 0 Å². The van der Waals surface area contributed by atoms with Crippen LogP contribution in [0.4, 0.5) is 0 Å². The lowest BCUT2D eigenvalue weighted by Gasteiger charge is -2.41. The van der Waals surface area contributed by atoms with Crippen LogP contribution in [0.3, 0.4) is 0 Å². The molecule has 0 saturated carbocycles. The van der Waals surface area contributed by atoms with Crippen LogP contribution in [-0.2, 0) is 30.4 Å². The number of amides is 2. The molecular formula is C23H30BNO9. The number of unbranched alkanes of at least 4 members (excludes halogenated alkanes) is 2. The molecule has 34 heavy (non-hydrogen) atoms. The highest BCUT2D eigenvalue weighted by Crippen LogP contribution is 2.51. The molecular weight excluding hydrogens is 445 g/mol. The van der Waals surface area contributed by atoms with Gasteiger partial charge in [-0.05, 0) is 54.8 Å². The van der Waals surface area contributed by atoms with Gasteiger partial charge in [0.1, 0.15) is 24.2 Å². The topological polar surface area (TPSA) is 147 Å². The number of carbonyl (C=O) groups excluding carboxylic acids is 2. The van der Waals surface area contributed by atoms with Gasteiger partial charge in [0.05, 0.1) is 18.4 Å². The lowest BCUT2D eigenvalue weighted by Crippen LogP contribution is -2.45. The van der Waals surface area contributed by atoms with E-state index in [1.54, 1.807) is 12.1 Å². The minimum Gasteiger partial charge on any atom is -0.481 e. The van der Waals surface area contributed by atoms with E-state index in [0.29, 0.717) is 49.1 Å². The van der Waals surface area contributed by atoms with Gasteiger partial charge in [0.2, 0.25) is 11.8 Å². The summed E-state index contributed by atoms with van der Waals surface area (Å²) in [5.41, 5.74) is 1.39. The maximum atomic E-state index is 13.4. The summed E-state index contributed by atoms with van der Waals surface area (Å²) in [6, 6.07) is 3.31. The Bertz CT molecular complexity index is 973. The minimum absolute atomic E-state index is 0.0624. The molecule has 2 amide bonds. The van der Waals surface area contributed by atoms with Crippen LogP contribution in [0.15, 0.2) is 27.6 Å². The van der Waals surface area contributed by atoms with Gasteiger partial charge >= 0.3 is 13.1 Å². The van der Waals surface area contributed by atoms with Crippen molar-refractivity contribution < 1.29 is 43.4 Å². The van der Waals surface area contributed by atoms with E-state index in [0.717, 1.165) is 5.57 Å². The number of methoxy groups -OCH3 is 1. The molecule has 2 fully saturated rings. The first kappa shape index (κ1) is 24.7. The first-order chi connectivity index (χ1) is 16.3. The molecule has 2 saturated heterocycles. The van der Waals surface area contributed by atoms with Gasteiger partial charge < -0.3 is 29.0 Å². The molecule has 2 aliphatic heterocycles. The van der Waals surface area contributed by atoms with Crippen molar-refractivity contribution in [1.29, 1.82) is 0 Å². The Morgan fingerprint density at radius 1 is 1.21 bits per heavy atom. The van der Waals surface area contributed by atoms with Crippen molar-refractivity contribution in [3.05, 3.63) is 34.7 Å². The van der Waals surface area contributed by atoms with Gasteiger partial charge in [-0.1, -0.05) is 6.42 Å². The first-order valence-corrected chi connectivity index (χ1v) is 11.7. The van der Waals surface area contributed by atoms with Crippen molar-refractivity contribution in [2.75, 3.05) is 20.3 Å². The molecule has 1 aromatic heterocycles. The van der Waals surface area contributed by atoms with Gasteiger partial charge in [-0.3, -0.25) is 19.3 Å². The number of furan rings is 1. The number of aliphatic carboxylic acids is 1. The van der Waals surface area contributed by atoms with Crippen LogP contribution >= 0.6 is 0 Å². The number of imide groups is 1. The third kappa shape index (κ3) is 4.70. The summed E-state index contributed by atoms with van der Waals surface area (Å²) in [6.45, 7) is 0.222. The number of rotatable bonds is 10. The zero-order valence-electron chi connectivity index (χ0n) is 19.1. The van der Waals surface area contributed by atoms with E-state index in [9.17, 15) is 24.5 Å². The standard InChI is InChI=1S/C23H30BNO9/c1-32-12-13-9-16-20(23(30)25(22(16)29)8-4-2-3-5-19(27)28)15-10-18(34-24(31)21(13)15)17-7-6-14(11-26)33-17/h6-7,15-16,18,20,26,31H,2-5,8-12H2,1H3,(H,27,28)/t15-,16-,18-,20+/m0/s1. The number of carboxylic acids is 1. The van der Waals surface area contributed by atoms with Crippen LogP contribution in [-0.4, -0.2) is 65.3 Å². The molecule has 184 valence electrons. The molecule has 4 rings (SSSR count). The van der Waals surface area contributed by atoms with Crippen molar-refractivity contribution in [2.45, 2.75) is 51.2 Å². The van der Waals surface area contributed by atoms with Crippen LogP contribution < -0.4 is 0 Å². The largest absolute Gasteiger partial charge is 0.487 e. The third-order valence-electron chi connectivity index (χ3n) is 7.05. The van der Waals surface area contributed by atoms with E-state index in [-0.39, 0.29) is 38.0 Å². The lowest BCUT2D eigenvalue weighted by molar-refractivity contribution is -0.141. The summed E-state index contributed by atoms with van der Waals surface area (Å²) in [4.78, 5) is 38.7. The third-order valence-corrected chi connectivity index (χ3v) is 7.05. The maximum absolute atomic E-state index is 13.4. The molecule has 1 aliphatic carbocycles. The van der Waals surface area contributed by atoms with Gasteiger partial charge in [0.15, 0.2) is 0 Å². The van der Waals surface area contributed by atoms with E-state index in [1.165, 1.54) is 12.0 Å². The number of carbonyl (C=O) groups is 3. The summed E-state index contributed by atoms with van der Waals surface area (Å²) in [6.07, 6.45) is 1.77. The molecule has 10 nitrogen and oxygen atoms in total. The fourth-order valence-corrected chi connectivity index (χ4v) is 5.56. The lowest BCUT2D eigenvalue weighted by atomic mass is 9.55. The molecule has 3 heterocycles. The molecule has 0 aromatic carbocycles. The van der Waals surface area contributed by atoms with Gasteiger partial charge in [0, 0.05) is 20.1 Å². The average Bonchev–Trinajstić information content (AvgIpc) is 3.37. The molecule has 3 aliphatic rings. The smallest absolute Gasteiger partial charge is 0.481 e. The summed E-state index contributed by atoms with van der Waals surface area (Å²) in [5, 5.41) is 29.0. The summed E-state index contributed by atoms with van der Waals surface area (Å²) >= 11 is 0. The monoisotopic (exact) mass is 475 g/mol. The Balaban J connectivity index is 1.55. The van der Waals surface area contributed by atoms with Crippen molar-refractivity contribution in [1.82, 2.24) is 4.90 Å². The average molecular weight is 475 g/mol. The number of hydrogen-bond donors (Lipinski definition) is 3. The first-order valence-electron chi connectivity index (χ1n) is 11.7. The van der Waals surface area contributed by atoms with Crippen LogP contribution in [0.1, 0.15) is 56.1 Å². The number of hydrogen-bond acceptors (Lipinski definition) is 8. The highest BCUT2D eigenvalue weighted by atomic mass is 16.5. The maximum Gasteiger partial charge on any atom is 0.487 e. The number of allylic oxidation sites excluding steroid dienone is 1. The minimum atomic E-state index is -1.26. The highest BCUT2D eigenvalue weighted by Gasteiger charge is 2.57. The normalized spacial score (nSPS) is 26.8. The van der Waals surface area contributed by atoms with E-state index in [1.807, 2.05) is 0 Å². The van der Waals surface area contributed by atoms with Gasteiger partial charge in [0.25, 0.3) is 0 Å². The zero-order valence-corrected chi connectivity index (χ0v) is 19.1. The van der Waals surface area contributed by atoms with Crippen LogP contribution in [0, 0.1) is 17.8 Å². The number of carboxylic acid groups (broad SMARTS) is 1. The predicted octanol–water partition coefficient (Wildman–Crippen LogP) is 1.46. The number of aliphatic hydroxyl groups excluding tert-OH is 1. The number of ether oxygens (including phenoxy) is 1. The van der Waals surface area contributed by atoms with Gasteiger partial charge in [-0.15, -0.1) is 0 Å². The van der Waals surface area contributed by atoms with Crippen molar-refractivity contribution in [3.63, 3.8) is 0 Å². The highest BCUT2D eigenvalue weighted by molar-refractivity contribution is 6.53. The number of fused-ring (bicyclic) bond motifs is 3. The summed E-state index contributed by atoms with van der Waals surface area (Å²) in [5.74, 6) is -2.06. The second-order valence-corrected chi connectivity index (χ2v) is 9.14.